The lowest BCUT2D eigenvalue weighted by Crippen LogP contribution is -2.42. The van der Waals surface area contributed by atoms with E-state index in [0.29, 0.717) is 39.3 Å². The van der Waals surface area contributed by atoms with Crippen molar-refractivity contribution >= 4 is 54.8 Å². The van der Waals surface area contributed by atoms with Gasteiger partial charge in [-0.05, 0) is 43.4 Å². The molecule has 0 aliphatic carbocycles. The highest BCUT2D eigenvalue weighted by atomic mass is 35.5. The molecular weight excluding hydrogens is 512 g/mol. The standard InChI is InChI=1S/C23H27ClN4O5S2/c1-13-7-14(2)10-28(9-13)35(31,32)21-15(3)34-22-20(21)23(30)27(12-25-22)11-19(29)26-17-8-16(24)5-6-18(17)33-4/h5-6,8,12-14H,7,9-11H2,1-4H3,(H,26,29)/t13-,14-/m0/s1. The Kier molecular flexibility index (Phi) is 7.23. The summed E-state index contributed by atoms with van der Waals surface area (Å²) >= 11 is 7.18. The van der Waals surface area contributed by atoms with Crippen LogP contribution >= 0.6 is 22.9 Å². The Hall–Kier alpha value is -2.47. The molecule has 1 fully saturated rings. The predicted molar refractivity (Wildman–Crippen MR) is 137 cm³/mol. The normalized spacial score (nSPS) is 19.1. The predicted octanol–water partition coefficient (Wildman–Crippen LogP) is 3.73. The van der Waals surface area contributed by atoms with Crippen LogP contribution in [0.4, 0.5) is 5.69 Å². The Morgan fingerprint density at radius 3 is 2.63 bits per heavy atom. The molecule has 12 heteroatoms. The average molecular weight is 539 g/mol. The summed E-state index contributed by atoms with van der Waals surface area (Å²) in [4.78, 5) is 31.3. The van der Waals surface area contributed by atoms with Crippen LogP contribution in [-0.2, 0) is 21.4 Å². The molecule has 1 aromatic carbocycles. The number of methoxy groups -OCH3 is 1. The first kappa shape index (κ1) is 25.6. The zero-order valence-corrected chi connectivity index (χ0v) is 22.3. The summed E-state index contributed by atoms with van der Waals surface area (Å²) in [5.41, 5.74) is -0.223. The number of benzene rings is 1. The first-order valence-electron chi connectivity index (χ1n) is 11.1. The molecule has 9 nitrogen and oxygen atoms in total. The van der Waals surface area contributed by atoms with Crippen molar-refractivity contribution in [3.8, 4) is 5.75 Å². The van der Waals surface area contributed by atoms with Gasteiger partial charge in [-0.25, -0.2) is 13.4 Å². The fourth-order valence-electron chi connectivity index (χ4n) is 4.59. The minimum Gasteiger partial charge on any atom is -0.495 e. The molecule has 4 rings (SSSR count). The number of aryl methyl sites for hydroxylation is 1. The summed E-state index contributed by atoms with van der Waals surface area (Å²) in [6, 6.07) is 4.78. The van der Waals surface area contributed by atoms with E-state index in [2.05, 4.69) is 10.3 Å². The summed E-state index contributed by atoms with van der Waals surface area (Å²) in [5.74, 6) is 0.348. The fourth-order valence-corrected chi connectivity index (χ4v) is 8.11. The zero-order chi connectivity index (χ0) is 25.5. The van der Waals surface area contributed by atoms with E-state index in [1.54, 1.807) is 19.1 Å². The summed E-state index contributed by atoms with van der Waals surface area (Å²) in [5, 5.41) is 3.11. The van der Waals surface area contributed by atoms with Gasteiger partial charge >= 0.3 is 0 Å². The van der Waals surface area contributed by atoms with Gasteiger partial charge in [0, 0.05) is 23.0 Å². The molecule has 1 amide bonds. The van der Waals surface area contributed by atoms with Crippen LogP contribution in [0.5, 0.6) is 5.75 Å². The van der Waals surface area contributed by atoms with Gasteiger partial charge in [-0.1, -0.05) is 25.4 Å². The third-order valence-corrected chi connectivity index (χ3v) is 9.36. The van der Waals surface area contributed by atoms with E-state index in [0.717, 1.165) is 22.3 Å². The Morgan fingerprint density at radius 1 is 1.29 bits per heavy atom. The smallest absolute Gasteiger partial charge is 0.263 e. The van der Waals surface area contributed by atoms with Gasteiger partial charge < -0.3 is 10.1 Å². The van der Waals surface area contributed by atoms with E-state index in [-0.39, 0.29) is 28.7 Å². The molecule has 3 aromatic rings. The Morgan fingerprint density at radius 2 is 1.97 bits per heavy atom. The minimum atomic E-state index is -3.91. The number of hydrogen-bond donors (Lipinski definition) is 1. The molecule has 35 heavy (non-hydrogen) atoms. The average Bonchev–Trinajstić information content (AvgIpc) is 3.12. The van der Waals surface area contributed by atoms with E-state index in [9.17, 15) is 18.0 Å². The zero-order valence-electron chi connectivity index (χ0n) is 19.9. The second-order valence-electron chi connectivity index (χ2n) is 9.01. The third kappa shape index (κ3) is 5.09. The van der Waals surface area contributed by atoms with Gasteiger partial charge in [-0.15, -0.1) is 11.3 Å². The van der Waals surface area contributed by atoms with Gasteiger partial charge in [-0.3, -0.25) is 14.2 Å². The second kappa shape index (κ2) is 9.88. The molecule has 0 unspecified atom stereocenters. The van der Waals surface area contributed by atoms with E-state index in [1.807, 2.05) is 13.8 Å². The van der Waals surface area contributed by atoms with Gasteiger partial charge in [0.25, 0.3) is 5.56 Å². The molecule has 0 bridgehead atoms. The van der Waals surface area contributed by atoms with Crippen LogP contribution in [0.1, 0.15) is 25.1 Å². The number of amides is 1. The largest absolute Gasteiger partial charge is 0.495 e. The number of fused-ring (bicyclic) bond motifs is 1. The molecule has 1 aliphatic heterocycles. The highest BCUT2D eigenvalue weighted by Gasteiger charge is 2.35. The van der Waals surface area contributed by atoms with Gasteiger partial charge in [0.2, 0.25) is 15.9 Å². The van der Waals surface area contributed by atoms with Crippen LogP contribution in [0.2, 0.25) is 5.02 Å². The quantitative estimate of drug-likeness (QED) is 0.512. The first-order valence-corrected chi connectivity index (χ1v) is 13.8. The third-order valence-electron chi connectivity index (χ3n) is 5.98. The van der Waals surface area contributed by atoms with Gasteiger partial charge in [0.15, 0.2) is 0 Å². The molecule has 0 radical (unpaired) electrons. The van der Waals surface area contributed by atoms with E-state index < -0.39 is 21.5 Å². The van der Waals surface area contributed by atoms with Crippen molar-refractivity contribution in [2.75, 3.05) is 25.5 Å². The van der Waals surface area contributed by atoms with E-state index in [1.165, 1.54) is 23.8 Å². The molecule has 2 aromatic heterocycles. The second-order valence-corrected chi connectivity index (χ2v) is 12.5. The Balaban J connectivity index is 1.69. The number of halogens is 1. The Labute approximate surface area is 212 Å². The molecule has 1 saturated heterocycles. The highest BCUT2D eigenvalue weighted by molar-refractivity contribution is 7.89. The van der Waals surface area contributed by atoms with Crippen molar-refractivity contribution in [3.63, 3.8) is 0 Å². The molecule has 1 aliphatic rings. The SMILES string of the molecule is COc1ccc(Cl)cc1NC(=O)Cn1cnc2sc(C)c(S(=O)(=O)N3C[C@@H](C)C[C@H](C)C3)c2c1=O. The molecule has 2 atom stereocenters. The molecule has 0 spiro atoms. The fraction of sp³-hybridized carbons (Fsp3) is 0.435. The van der Waals surface area contributed by atoms with Crippen molar-refractivity contribution in [3.05, 3.63) is 44.8 Å². The maximum Gasteiger partial charge on any atom is 0.263 e. The first-order chi connectivity index (χ1) is 16.5. The number of aromatic nitrogens is 2. The molecule has 3 heterocycles. The topological polar surface area (TPSA) is 111 Å². The van der Waals surface area contributed by atoms with Crippen LogP contribution in [0.15, 0.2) is 34.2 Å². The van der Waals surface area contributed by atoms with Crippen molar-refractivity contribution in [2.45, 2.75) is 38.6 Å². The molecule has 188 valence electrons. The number of nitrogens with one attached hydrogen (secondary N) is 1. The summed E-state index contributed by atoms with van der Waals surface area (Å²) < 4.78 is 35.1. The van der Waals surface area contributed by atoms with Crippen molar-refractivity contribution in [2.24, 2.45) is 11.8 Å². The van der Waals surface area contributed by atoms with Crippen LogP contribution < -0.4 is 15.6 Å². The van der Waals surface area contributed by atoms with Gasteiger partial charge in [-0.2, -0.15) is 4.31 Å². The van der Waals surface area contributed by atoms with Crippen molar-refractivity contribution in [1.29, 1.82) is 0 Å². The van der Waals surface area contributed by atoms with Crippen LogP contribution in [0, 0.1) is 18.8 Å². The van der Waals surface area contributed by atoms with Crippen molar-refractivity contribution < 1.29 is 17.9 Å². The number of nitrogens with zero attached hydrogens (tertiary/aromatic N) is 3. The highest BCUT2D eigenvalue weighted by Crippen LogP contribution is 2.35. The van der Waals surface area contributed by atoms with Crippen molar-refractivity contribution in [1.82, 2.24) is 13.9 Å². The number of ether oxygens (including phenoxy) is 1. The number of piperidine rings is 1. The maximum absolute atomic E-state index is 13.7. The van der Waals surface area contributed by atoms with Gasteiger partial charge in [0.05, 0.1) is 24.5 Å². The van der Waals surface area contributed by atoms with Crippen LogP contribution in [0.25, 0.3) is 10.2 Å². The van der Waals surface area contributed by atoms with Crippen LogP contribution in [0.3, 0.4) is 0 Å². The van der Waals surface area contributed by atoms with E-state index in [4.69, 9.17) is 16.3 Å². The lowest BCUT2D eigenvalue weighted by Gasteiger charge is -2.34. The molecule has 0 saturated carbocycles. The van der Waals surface area contributed by atoms with Gasteiger partial charge in [0.1, 0.15) is 22.0 Å². The van der Waals surface area contributed by atoms with Crippen LogP contribution in [-0.4, -0.2) is 48.4 Å². The number of carbonyl (C=O) groups is 1. The summed E-state index contributed by atoms with van der Waals surface area (Å²) in [6.45, 7) is 6.18. The number of thiophene rings is 1. The Bertz CT molecular complexity index is 1440. The summed E-state index contributed by atoms with van der Waals surface area (Å²) in [7, 11) is -2.45. The number of rotatable bonds is 6. The summed E-state index contributed by atoms with van der Waals surface area (Å²) in [6.07, 6.45) is 2.22. The molecular formula is C23H27ClN4O5S2. The maximum atomic E-state index is 13.7. The number of sulfonamides is 1. The number of hydrogen-bond acceptors (Lipinski definition) is 7. The minimum absolute atomic E-state index is 0.0115. The number of carbonyl (C=O) groups excluding carboxylic acids is 1. The number of anilines is 1. The van der Waals surface area contributed by atoms with E-state index >= 15 is 0 Å². The lowest BCUT2D eigenvalue weighted by atomic mass is 9.94. The monoisotopic (exact) mass is 538 g/mol. The lowest BCUT2D eigenvalue weighted by molar-refractivity contribution is -0.116. The molecule has 1 N–H and O–H groups in total.